The van der Waals surface area contributed by atoms with Gasteiger partial charge in [0.1, 0.15) is 12.6 Å². The second kappa shape index (κ2) is 35.1. The zero-order chi connectivity index (χ0) is 38.5. The minimum absolute atomic E-state index is 0.0287. The van der Waals surface area contributed by atoms with Crippen LogP contribution in [0.15, 0.2) is 60.8 Å². The minimum atomic E-state index is -1.13. The summed E-state index contributed by atoms with van der Waals surface area (Å²) in [5, 5.41) is 11.6. The van der Waals surface area contributed by atoms with E-state index >= 15 is 0 Å². The molecular formula is C44H75NO7. The molecule has 0 aliphatic carbocycles. The highest BCUT2D eigenvalue weighted by Gasteiger charge is 2.25. The van der Waals surface area contributed by atoms with Gasteiger partial charge in [0.2, 0.25) is 0 Å². The van der Waals surface area contributed by atoms with Gasteiger partial charge in [0.25, 0.3) is 0 Å². The summed E-state index contributed by atoms with van der Waals surface area (Å²) < 4.78 is 17.0. The van der Waals surface area contributed by atoms with E-state index in [0.29, 0.717) is 12.8 Å². The Morgan fingerprint density at radius 1 is 0.596 bits per heavy atom. The molecule has 0 saturated carbocycles. The number of likely N-dealkylation sites (N-methyl/N-ethyl adjacent to an activating group) is 1. The zero-order valence-electron chi connectivity index (χ0n) is 33.7. The number of aliphatic carboxylic acids is 1. The number of carbonyl (C=O) groups is 3. The molecule has 8 nitrogen and oxygen atoms in total. The van der Waals surface area contributed by atoms with Gasteiger partial charge in [-0.25, -0.2) is 0 Å². The Kier molecular flexibility index (Phi) is 33.1. The van der Waals surface area contributed by atoms with Crippen molar-refractivity contribution in [1.82, 2.24) is 0 Å². The SMILES string of the molecule is CC/C=C/C/C=C/C/C=C/C/C=C/C/C=C/CCCCCCC(=O)OC(COCCC(C(=O)[O-])[N+](C)(C)C)COC(=O)CCCCCCCCCC. The number of unbranched alkanes of at least 4 members (excludes halogenated alkanes) is 11. The summed E-state index contributed by atoms with van der Waals surface area (Å²) in [5.74, 6) is -1.78. The number of carboxylic acids is 1. The van der Waals surface area contributed by atoms with Crippen molar-refractivity contribution in [3.63, 3.8) is 0 Å². The molecule has 0 radical (unpaired) electrons. The fourth-order valence-electron chi connectivity index (χ4n) is 5.51. The van der Waals surface area contributed by atoms with Crippen LogP contribution in [-0.2, 0) is 28.6 Å². The fourth-order valence-corrected chi connectivity index (χ4v) is 5.51. The Balaban J connectivity index is 4.39. The number of carboxylic acid groups (broad SMARTS) is 1. The van der Waals surface area contributed by atoms with Crippen molar-refractivity contribution in [2.75, 3.05) is 41.0 Å². The van der Waals surface area contributed by atoms with Gasteiger partial charge in [-0.15, -0.1) is 0 Å². The Labute approximate surface area is 318 Å². The van der Waals surface area contributed by atoms with E-state index in [2.05, 4.69) is 74.6 Å². The van der Waals surface area contributed by atoms with Gasteiger partial charge in [-0.2, -0.15) is 0 Å². The maximum atomic E-state index is 12.7. The summed E-state index contributed by atoms with van der Waals surface area (Å²) >= 11 is 0. The molecule has 0 amide bonds. The third kappa shape index (κ3) is 32.9. The van der Waals surface area contributed by atoms with E-state index in [1.807, 2.05) is 0 Å². The monoisotopic (exact) mass is 730 g/mol. The standard InChI is InChI=1S/C44H75NO7/c1-6-8-10-12-14-16-17-18-19-20-21-22-23-24-25-26-27-29-31-33-35-43(47)52-40(38-50-37-36-41(44(48)49)45(3,4)5)39-51-42(46)34-32-30-28-15-13-11-9-7-2/h8,10,14,16,18-19,21-22,24-25,40-41H,6-7,9,11-13,15,17,20,23,26-39H2,1-5H3/b10-8+,16-14+,19-18+,22-21+,25-24+. The molecule has 0 aliphatic rings. The molecule has 298 valence electrons. The molecule has 0 fully saturated rings. The van der Waals surface area contributed by atoms with Crippen molar-refractivity contribution in [2.45, 2.75) is 161 Å². The van der Waals surface area contributed by atoms with Gasteiger partial charge in [-0.3, -0.25) is 9.59 Å². The molecule has 2 unspecified atom stereocenters. The Hall–Kier alpha value is -2.97. The van der Waals surface area contributed by atoms with E-state index in [4.69, 9.17) is 14.2 Å². The molecule has 0 N–H and O–H groups in total. The smallest absolute Gasteiger partial charge is 0.306 e. The number of ether oxygens (including phenoxy) is 3. The Morgan fingerprint density at radius 2 is 1.08 bits per heavy atom. The first-order valence-electron chi connectivity index (χ1n) is 20.3. The van der Waals surface area contributed by atoms with Crippen LogP contribution in [0.4, 0.5) is 0 Å². The van der Waals surface area contributed by atoms with Crippen molar-refractivity contribution < 1.29 is 38.2 Å². The van der Waals surface area contributed by atoms with Crippen LogP contribution in [0.3, 0.4) is 0 Å². The number of allylic oxidation sites excluding steroid dienone is 10. The van der Waals surface area contributed by atoms with Crippen LogP contribution in [0.1, 0.15) is 149 Å². The summed E-state index contributed by atoms with van der Waals surface area (Å²) in [6.07, 6.45) is 41.1. The molecule has 8 heteroatoms. The van der Waals surface area contributed by atoms with Crippen LogP contribution in [0.25, 0.3) is 0 Å². The van der Waals surface area contributed by atoms with Gasteiger partial charge in [-0.05, 0) is 57.8 Å². The average Bonchev–Trinajstić information content (AvgIpc) is 3.09. The van der Waals surface area contributed by atoms with Gasteiger partial charge >= 0.3 is 11.9 Å². The van der Waals surface area contributed by atoms with Crippen LogP contribution in [0.2, 0.25) is 0 Å². The van der Waals surface area contributed by atoms with E-state index < -0.39 is 18.1 Å². The molecule has 0 aliphatic heterocycles. The molecule has 0 rings (SSSR count). The Bertz CT molecular complexity index is 1040. The predicted molar refractivity (Wildman–Crippen MR) is 212 cm³/mol. The lowest BCUT2D eigenvalue weighted by molar-refractivity contribution is -0.889. The minimum Gasteiger partial charge on any atom is -0.544 e. The molecule has 0 aromatic rings. The zero-order valence-corrected chi connectivity index (χ0v) is 33.7. The summed E-state index contributed by atoms with van der Waals surface area (Å²) in [4.78, 5) is 36.6. The maximum absolute atomic E-state index is 12.7. The molecule has 2 atom stereocenters. The van der Waals surface area contributed by atoms with E-state index in [-0.39, 0.29) is 42.7 Å². The van der Waals surface area contributed by atoms with Crippen LogP contribution in [0, 0.1) is 0 Å². The predicted octanol–water partition coefficient (Wildman–Crippen LogP) is 9.30. The topological polar surface area (TPSA) is 102 Å². The lowest BCUT2D eigenvalue weighted by Gasteiger charge is -2.34. The number of quaternary nitrogens is 1. The first kappa shape index (κ1) is 49.0. The highest BCUT2D eigenvalue weighted by atomic mass is 16.6. The Morgan fingerprint density at radius 3 is 1.60 bits per heavy atom. The van der Waals surface area contributed by atoms with E-state index in [9.17, 15) is 19.5 Å². The van der Waals surface area contributed by atoms with Crippen molar-refractivity contribution >= 4 is 17.9 Å². The summed E-state index contributed by atoms with van der Waals surface area (Å²) in [6.45, 7) is 4.47. The number of hydrogen-bond donors (Lipinski definition) is 0. The first-order valence-corrected chi connectivity index (χ1v) is 20.3. The van der Waals surface area contributed by atoms with Gasteiger partial charge < -0.3 is 28.6 Å². The van der Waals surface area contributed by atoms with Gasteiger partial charge in [0.15, 0.2) is 6.10 Å². The summed E-state index contributed by atoms with van der Waals surface area (Å²) in [6, 6.07) is -0.730. The third-order valence-electron chi connectivity index (χ3n) is 8.67. The van der Waals surface area contributed by atoms with Crippen molar-refractivity contribution in [3.8, 4) is 0 Å². The number of nitrogens with zero attached hydrogens (tertiary/aromatic N) is 1. The number of hydrogen-bond acceptors (Lipinski definition) is 7. The normalized spacial score (nSPS) is 13.6. The van der Waals surface area contributed by atoms with Gasteiger partial charge in [-0.1, -0.05) is 132 Å². The second-order valence-corrected chi connectivity index (χ2v) is 14.5. The van der Waals surface area contributed by atoms with Gasteiger partial charge in [0, 0.05) is 19.3 Å². The van der Waals surface area contributed by atoms with Crippen LogP contribution in [0.5, 0.6) is 0 Å². The third-order valence-corrected chi connectivity index (χ3v) is 8.67. The molecule has 0 aromatic heterocycles. The molecule has 0 bridgehead atoms. The van der Waals surface area contributed by atoms with Crippen molar-refractivity contribution in [2.24, 2.45) is 0 Å². The van der Waals surface area contributed by atoms with Crippen LogP contribution in [-0.4, -0.2) is 75.5 Å². The number of esters is 2. The lowest BCUT2D eigenvalue weighted by atomic mass is 10.1. The molecule has 0 heterocycles. The molecule has 52 heavy (non-hydrogen) atoms. The van der Waals surface area contributed by atoms with E-state index in [0.717, 1.165) is 83.5 Å². The first-order chi connectivity index (χ1) is 25.1. The maximum Gasteiger partial charge on any atom is 0.306 e. The largest absolute Gasteiger partial charge is 0.544 e. The molecule has 0 spiro atoms. The molecule has 0 saturated heterocycles. The fraction of sp³-hybridized carbons (Fsp3) is 0.705. The number of rotatable bonds is 35. The lowest BCUT2D eigenvalue weighted by Crippen LogP contribution is -2.55. The highest BCUT2D eigenvalue weighted by Crippen LogP contribution is 2.12. The summed E-state index contributed by atoms with van der Waals surface area (Å²) in [7, 11) is 5.38. The van der Waals surface area contributed by atoms with Gasteiger partial charge in [0.05, 0.1) is 40.3 Å². The average molecular weight is 730 g/mol. The highest BCUT2D eigenvalue weighted by molar-refractivity contribution is 5.70. The van der Waals surface area contributed by atoms with Crippen molar-refractivity contribution in [1.29, 1.82) is 0 Å². The van der Waals surface area contributed by atoms with E-state index in [1.54, 1.807) is 21.1 Å². The molecule has 0 aromatic carbocycles. The number of carbonyl (C=O) groups excluding carboxylic acids is 3. The summed E-state index contributed by atoms with van der Waals surface area (Å²) in [5.41, 5.74) is 0. The molecular weight excluding hydrogens is 654 g/mol. The second-order valence-electron chi connectivity index (χ2n) is 14.5. The van der Waals surface area contributed by atoms with Crippen LogP contribution >= 0.6 is 0 Å². The van der Waals surface area contributed by atoms with Crippen molar-refractivity contribution in [3.05, 3.63) is 60.8 Å². The van der Waals surface area contributed by atoms with E-state index in [1.165, 1.54) is 32.1 Å². The quantitative estimate of drug-likeness (QED) is 0.0277. The van der Waals surface area contributed by atoms with Crippen LogP contribution < -0.4 is 5.11 Å².